The Bertz CT molecular complexity index is 781. The van der Waals surface area contributed by atoms with Crippen LogP contribution in [0.25, 0.3) is 0 Å². The van der Waals surface area contributed by atoms with E-state index >= 15 is 0 Å². The molecule has 1 fully saturated rings. The van der Waals surface area contributed by atoms with Gasteiger partial charge >= 0.3 is 0 Å². The van der Waals surface area contributed by atoms with Crippen LogP contribution < -0.4 is 5.32 Å². The maximum absolute atomic E-state index is 12.5. The molecule has 0 spiro atoms. The number of nitrogens with one attached hydrogen (secondary N) is 1. The zero-order valence-electron chi connectivity index (χ0n) is 16.0. The van der Waals surface area contributed by atoms with Crippen LogP contribution >= 0.6 is 0 Å². The van der Waals surface area contributed by atoms with Crippen LogP contribution in [0.3, 0.4) is 0 Å². The summed E-state index contributed by atoms with van der Waals surface area (Å²) in [5.41, 5.74) is 2.76. The van der Waals surface area contributed by atoms with E-state index < -0.39 is 0 Å². The summed E-state index contributed by atoms with van der Waals surface area (Å²) < 4.78 is 0. The molecule has 1 N–H and O–H groups in total. The van der Waals surface area contributed by atoms with Crippen molar-refractivity contribution in [1.82, 2.24) is 9.80 Å². The minimum absolute atomic E-state index is 0.0151. The Morgan fingerprint density at radius 1 is 0.963 bits per heavy atom. The highest BCUT2D eigenvalue weighted by molar-refractivity contribution is 5.94. The average Bonchev–Trinajstić information content (AvgIpc) is 2.69. The summed E-state index contributed by atoms with van der Waals surface area (Å²) >= 11 is 0. The van der Waals surface area contributed by atoms with Crippen LogP contribution in [-0.4, -0.2) is 54.3 Å². The number of rotatable bonds is 5. The van der Waals surface area contributed by atoms with Crippen LogP contribution in [0, 0.1) is 0 Å². The van der Waals surface area contributed by atoms with Gasteiger partial charge in [0.05, 0.1) is 6.54 Å². The molecule has 1 aliphatic heterocycles. The fraction of sp³-hybridized carbons (Fsp3) is 0.364. The predicted molar refractivity (Wildman–Crippen MR) is 108 cm³/mol. The zero-order valence-corrected chi connectivity index (χ0v) is 16.0. The summed E-state index contributed by atoms with van der Waals surface area (Å²) in [6.45, 7) is 7.32. The lowest BCUT2D eigenvalue weighted by molar-refractivity contribution is -0.117. The SMILES string of the molecule is CC(C)c1cccc(NC(=O)CN2CCN(C(=O)c3ccccc3)CC2)c1. The summed E-state index contributed by atoms with van der Waals surface area (Å²) in [7, 11) is 0. The monoisotopic (exact) mass is 365 g/mol. The van der Waals surface area contributed by atoms with Crippen molar-refractivity contribution in [1.29, 1.82) is 0 Å². The summed E-state index contributed by atoms with van der Waals surface area (Å²) in [6, 6.07) is 17.3. The molecule has 1 heterocycles. The van der Waals surface area contributed by atoms with E-state index in [9.17, 15) is 9.59 Å². The molecule has 0 unspecified atom stereocenters. The Morgan fingerprint density at radius 3 is 2.33 bits per heavy atom. The molecule has 0 aliphatic carbocycles. The van der Waals surface area contributed by atoms with Gasteiger partial charge in [0.2, 0.25) is 5.91 Å². The van der Waals surface area contributed by atoms with Crippen molar-refractivity contribution >= 4 is 17.5 Å². The summed E-state index contributed by atoms with van der Waals surface area (Å²) in [6.07, 6.45) is 0. The highest BCUT2D eigenvalue weighted by Crippen LogP contribution is 2.18. The molecule has 1 aliphatic rings. The van der Waals surface area contributed by atoms with E-state index in [2.05, 4.69) is 30.1 Å². The summed E-state index contributed by atoms with van der Waals surface area (Å²) in [5, 5.41) is 2.98. The fourth-order valence-electron chi connectivity index (χ4n) is 3.25. The number of hydrogen-bond donors (Lipinski definition) is 1. The number of amides is 2. The van der Waals surface area contributed by atoms with Crippen molar-refractivity contribution in [2.75, 3.05) is 38.0 Å². The Labute approximate surface area is 161 Å². The lowest BCUT2D eigenvalue weighted by Gasteiger charge is -2.34. The molecule has 0 aromatic heterocycles. The minimum atomic E-state index is -0.0151. The van der Waals surface area contributed by atoms with Crippen molar-refractivity contribution in [3.63, 3.8) is 0 Å². The number of carbonyl (C=O) groups excluding carboxylic acids is 2. The van der Waals surface area contributed by atoms with Gasteiger partial charge < -0.3 is 10.2 Å². The molecule has 3 rings (SSSR count). The first kappa shape index (κ1) is 19.1. The number of anilines is 1. The highest BCUT2D eigenvalue weighted by atomic mass is 16.2. The highest BCUT2D eigenvalue weighted by Gasteiger charge is 2.23. The zero-order chi connectivity index (χ0) is 19.2. The molecule has 2 aromatic carbocycles. The Kier molecular flexibility index (Phi) is 6.24. The maximum atomic E-state index is 12.5. The van der Waals surface area contributed by atoms with Crippen molar-refractivity contribution in [2.24, 2.45) is 0 Å². The molecule has 142 valence electrons. The summed E-state index contributed by atoms with van der Waals surface area (Å²) in [5.74, 6) is 0.473. The normalized spacial score (nSPS) is 15.0. The van der Waals surface area contributed by atoms with Gasteiger partial charge in [0.15, 0.2) is 0 Å². The molecule has 2 amide bonds. The third-order valence-electron chi connectivity index (χ3n) is 4.88. The number of hydrogen-bond acceptors (Lipinski definition) is 3. The van der Waals surface area contributed by atoms with Crippen LogP contribution in [0.5, 0.6) is 0 Å². The Balaban J connectivity index is 1.48. The predicted octanol–water partition coefficient (Wildman–Crippen LogP) is 3.21. The lowest BCUT2D eigenvalue weighted by Crippen LogP contribution is -2.50. The van der Waals surface area contributed by atoms with E-state index in [1.54, 1.807) is 0 Å². The van der Waals surface area contributed by atoms with Gasteiger partial charge in [-0.25, -0.2) is 0 Å². The molecule has 2 aromatic rings. The molecule has 0 atom stereocenters. The number of piperazine rings is 1. The molecular formula is C22H27N3O2. The van der Waals surface area contributed by atoms with Gasteiger partial charge in [-0.15, -0.1) is 0 Å². The van der Waals surface area contributed by atoms with E-state index in [0.29, 0.717) is 44.2 Å². The van der Waals surface area contributed by atoms with E-state index in [1.807, 2.05) is 53.4 Å². The second kappa shape index (κ2) is 8.82. The number of nitrogens with zero attached hydrogens (tertiary/aromatic N) is 2. The number of benzene rings is 2. The molecule has 5 heteroatoms. The standard InChI is InChI=1S/C22H27N3O2/c1-17(2)19-9-6-10-20(15-19)23-21(26)16-24-11-13-25(14-12-24)22(27)18-7-4-3-5-8-18/h3-10,15,17H,11-14,16H2,1-2H3,(H,23,26). The van der Waals surface area contributed by atoms with Gasteiger partial charge in [-0.05, 0) is 35.7 Å². The molecule has 0 saturated carbocycles. The third kappa shape index (κ3) is 5.17. The van der Waals surface area contributed by atoms with Crippen molar-refractivity contribution < 1.29 is 9.59 Å². The molecule has 0 bridgehead atoms. The van der Waals surface area contributed by atoms with Gasteiger partial charge in [0, 0.05) is 37.4 Å². The van der Waals surface area contributed by atoms with Crippen LogP contribution in [0.1, 0.15) is 35.7 Å². The first-order valence-corrected chi connectivity index (χ1v) is 9.49. The van der Waals surface area contributed by atoms with Crippen molar-refractivity contribution in [3.05, 3.63) is 65.7 Å². The van der Waals surface area contributed by atoms with E-state index in [0.717, 1.165) is 5.69 Å². The molecular weight excluding hydrogens is 338 g/mol. The fourth-order valence-corrected chi connectivity index (χ4v) is 3.25. The van der Waals surface area contributed by atoms with E-state index in [4.69, 9.17) is 0 Å². The van der Waals surface area contributed by atoms with Gasteiger partial charge in [-0.1, -0.05) is 44.2 Å². The van der Waals surface area contributed by atoms with Crippen LogP contribution in [0.2, 0.25) is 0 Å². The second-order valence-electron chi connectivity index (χ2n) is 7.26. The molecule has 1 saturated heterocycles. The quantitative estimate of drug-likeness (QED) is 0.885. The Morgan fingerprint density at radius 2 is 1.67 bits per heavy atom. The van der Waals surface area contributed by atoms with Gasteiger partial charge in [-0.3, -0.25) is 14.5 Å². The minimum Gasteiger partial charge on any atom is -0.336 e. The van der Waals surface area contributed by atoms with Crippen molar-refractivity contribution in [3.8, 4) is 0 Å². The van der Waals surface area contributed by atoms with Crippen LogP contribution in [-0.2, 0) is 4.79 Å². The topological polar surface area (TPSA) is 52.7 Å². The Hall–Kier alpha value is -2.66. The van der Waals surface area contributed by atoms with Crippen LogP contribution in [0.4, 0.5) is 5.69 Å². The largest absolute Gasteiger partial charge is 0.336 e. The van der Waals surface area contributed by atoms with E-state index in [1.165, 1.54) is 5.56 Å². The second-order valence-corrected chi connectivity index (χ2v) is 7.26. The molecule has 0 radical (unpaired) electrons. The number of carbonyl (C=O) groups is 2. The summed E-state index contributed by atoms with van der Waals surface area (Å²) in [4.78, 5) is 28.8. The van der Waals surface area contributed by atoms with E-state index in [-0.39, 0.29) is 11.8 Å². The third-order valence-corrected chi connectivity index (χ3v) is 4.88. The van der Waals surface area contributed by atoms with Gasteiger partial charge in [-0.2, -0.15) is 0 Å². The van der Waals surface area contributed by atoms with Crippen molar-refractivity contribution in [2.45, 2.75) is 19.8 Å². The van der Waals surface area contributed by atoms with Crippen LogP contribution in [0.15, 0.2) is 54.6 Å². The first-order chi connectivity index (χ1) is 13.0. The molecule has 5 nitrogen and oxygen atoms in total. The lowest BCUT2D eigenvalue weighted by atomic mass is 10.0. The maximum Gasteiger partial charge on any atom is 0.253 e. The average molecular weight is 365 g/mol. The first-order valence-electron chi connectivity index (χ1n) is 9.49. The smallest absolute Gasteiger partial charge is 0.253 e. The van der Waals surface area contributed by atoms with Gasteiger partial charge in [0.1, 0.15) is 0 Å². The van der Waals surface area contributed by atoms with Gasteiger partial charge in [0.25, 0.3) is 5.91 Å². The molecule has 27 heavy (non-hydrogen) atoms.